The Balaban J connectivity index is 1.63. The van der Waals surface area contributed by atoms with Crippen LogP contribution in [-0.2, 0) is 0 Å². The highest BCUT2D eigenvalue weighted by Gasteiger charge is 2.12. The zero-order valence-corrected chi connectivity index (χ0v) is 14.0. The molecule has 24 heavy (non-hydrogen) atoms. The molecule has 126 valence electrons. The number of hydrogen-bond acceptors (Lipinski definition) is 8. The molecule has 0 saturated heterocycles. The van der Waals surface area contributed by atoms with E-state index in [1.807, 2.05) is 26.0 Å². The van der Waals surface area contributed by atoms with Gasteiger partial charge in [0.05, 0.1) is 0 Å². The number of aryl methyl sites for hydroxylation is 4. The minimum atomic E-state index is 0.146. The average Bonchev–Trinajstić information content (AvgIpc) is 3.14. The molecule has 0 atom stereocenters. The van der Waals surface area contributed by atoms with Crippen LogP contribution in [0.15, 0.2) is 21.1 Å². The third kappa shape index (κ3) is 3.53. The number of benzene rings is 1. The first kappa shape index (κ1) is 16.0. The van der Waals surface area contributed by atoms with Crippen molar-refractivity contribution in [3.8, 4) is 23.2 Å². The molecule has 0 bridgehead atoms. The Morgan fingerprint density at radius 2 is 1.62 bits per heavy atom. The van der Waals surface area contributed by atoms with Crippen molar-refractivity contribution in [2.75, 3.05) is 13.2 Å². The number of hydrogen-bond donors (Lipinski definition) is 0. The highest BCUT2D eigenvalue weighted by molar-refractivity contribution is 5.60. The maximum absolute atomic E-state index is 5.81. The average molecular weight is 330 g/mol. The van der Waals surface area contributed by atoms with Gasteiger partial charge in [-0.15, -0.1) is 5.10 Å². The minimum absolute atomic E-state index is 0.146. The quantitative estimate of drug-likeness (QED) is 0.637. The van der Waals surface area contributed by atoms with Crippen molar-refractivity contribution >= 4 is 0 Å². The normalized spacial score (nSPS) is 10.8. The van der Waals surface area contributed by atoms with Crippen molar-refractivity contribution in [1.29, 1.82) is 0 Å². The molecule has 8 nitrogen and oxygen atoms in total. The molecule has 0 saturated carbocycles. The van der Waals surface area contributed by atoms with E-state index in [2.05, 4.69) is 20.3 Å². The largest absolute Gasteiger partial charge is 0.489 e. The van der Waals surface area contributed by atoms with Crippen LogP contribution in [0.5, 0.6) is 11.8 Å². The lowest BCUT2D eigenvalue weighted by Gasteiger charge is -2.13. The van der Waals surface area contributed by atoms with Crippen molar-refractivity contribution in [1.82, 2.24) is 20.3 Å². The second kappa shape index (κ2) is 6.69. The second-order valence-electron chi connectivity index (χ2n) is 5.36. The Morgan fingerprint density at radius 3 is 2.21 bits per heavy atom. The van der Waals surface area contributed by atoms with E-state index in [9.17, 15) is 0 Å². The highest BCUT2D eigenvalue weighted by Crippen LogP contribution is 2.29. The van der Waals surface area contributed by atoms with Gasteiger partial charge in [-0.25, -0.2) is 0 Å². The lowest BCUT2D eigenvalue weighted by Crippen LogP contribution is -2.10. The van der Waals surface area contributed by atoms with E-state index in [1.165, 1.54) is 0 Å². The Kier molecular flexibility index (Phi) is 4.45. The molecule has 0 aliphatic rings. The molecule has 0 spiro atoms. The fourth-order valence-corrected chi connectivity index (χ4v) is 2.33. The van der Waals surface area contributed by atoms with Crippen molar-refractivity contribution in [2.45, 2.75) is 27.7 Å². The van der Waals surface area contributed by atoms with Crippen LogP contribution in [0.1, 0.15) is 22.9 Å². The SMILES string of the molecule is Cc1nc(-c2cc(C)c(OCCOc3nnc(C)o3)c(C)c2)no1. The molecule has 0 fully saturated rings. The molecule has 2 aromatic heterocycles. The second-order valence-corrected chi connectivity index (χ2v) is 5.36. The summed E-state index contributed by atoms with van der Waals surface area (Å²) in [5, 5.41) is 11.4. The van der Waals surface area contributed by atoms with Crippen LogP contribution in [0, 0.1) is 27.7 Å². The van der Waals surface area contributed by atoms with E-state index in [0.717, 1.165) is 22.4 Å². The van der Waals surface area contributed by atoms with Crippen LogP contribution in [0.4, 0.5) is 0 Å². The first-order valence-corrected chi connectivity index (χ1v) is 7.50. The molecule has 0 unspecified atom stereocenters. The van der Waals surface area contributed by atoms with Crippen LogP contribution in [0.2, 0.25) is 0 Å². The molecule has 0 radical (unpaired) electrons. The molecule has 2 heterocycles. The topological polar surface area (TPSA) is 96.3 Å². The van der Waals surface area contributed by atoms with Crippen molar-refractivity contribution < 1.29 is 18.4 Å². The summed E-state index contributed by atoms with van der Waals surface area (Å²) in [5.41, 5.74) is 2.87. The van der Waals surface area contributed by atoms with E-state index in [-0.39, 0.29) is 6.08 Å². The van der Waals surface area contributed by atoms with Crippen molar-refractivity contribution in [3.05, 3.63) is 35.0 Å². The summed E-state index contributed by atoms with van der Waals surface area (Å²) in [6.07, 6.45) is 0.146. The lowest BCUT2D eigenvalue weighted by molar-refractivity contribution is 0.173. The van der Waals surface area contributed by atoms with Crippen LogP contribution < -0.4 is 9.47 Å². The highest BCUT2D eigenvalue weighted by atomic mass is 16.6. The first-order valence-electron chi connectivity index (χ1n) is 7.50. The van der Waals surface area contributed by atoms with E-state index in [0.29, 0.717) is 30.8 Å². The fourth-order valence-electron chi connectivity index (χ4n) is 2.33. The molecular formula is C16H18N4O4. The van der Waals surface area contributed by atoms with Gasteiger partial charge in [0.1, 0.15) is 19.0 Å². The summed E-state index contributed by atoms with van der Waals surface area (Å²) >= 11 is 0. The predicted molar refractivity (Wildman–Crippen MR) is 84.0 cm³/mol. The van der Waals surface area contributed by atoms with Gasteiger partial charge in [-0.3, -0.25) is 0 Å². The van der Waals surface area contributed by atoms with Gasteiger partial charge in [-0.1, -0.05) is 10.3 Å². The number of aromatic nitrogens is 4. The van der Waals surface area contributed by atoms with Gasteiger partial charge >= 0.3 is 6.08 Å². The third-order valence-electron chi connectivity index (χ3n) is 3.31. The Hall–Kier alpha value is -2.90. The van der Waals surface area contributed by atoms with Gasteiger partial charge < -0.3 is 18.4 Å². The van der Waals surface area contributed by atoms with Gasteiger partial charge in [0, 0.05) is 19.4 Å². The van der Waals surface area contributed by atoms with Gasteiger partial charge in [0.2, 0.25) is 17.6 Å². The minimum Gasteiger partial charge on any atom is -0.489 e. The van der Waals surface area contributed by atoms with E-state index < -0.39 is 0 Å². The fraction of sp³-hybridized carbons (Fsp3) is 0.375. The predicted octanol–water partition coefficient (Wildman–Crippen LogP) is 2.81. The molecule has 3 rings (SSSR count). The van der Waals surface area contributed by atoms with Crippen molar-refractivity contribution in [3.63, 3.8) is 0 Å². The van der Waals surface area contributed by atoms with Gasteiger partial charge in [0.15, 0.2) is 0 Å². The zero-order valence-electron chi connectivity index (χ0n) is 14.0. The Morgan fingerprint density at radius 1 is 0.917 bits per heavy atom. The Labute approximate surface area is 138 Å². The molecule has 0 aliphatic carbocycles. The van der Waals surface area contributed by atoms with Crippen LogP contribution in [0.25, 0.3) is 11.4 Å². The number of ether oxygens (including phenoxy) is 2. The van der Waals surface area contributed by atoms with Crippen LogP contribution in [0.3, 0.4) is 0 Å². The van der Waals surface area contributed by atoms with Gasteiger partial charge in [-0.2, -0.15) is 4.98 Å². The van der Waals surface area contributed by atoms with Crippen LogP contribution in [-0.4, -0.2) is 33.6 Å². The molecular weight excluding hydrogens is 312 g/mol. The lowest BCUT2D eigenvalue weighted by atomic mass is 10.1. The molecule has 0 N–H and O–H groups in total. The summed E-state index contributed by atoms with van der Waals surface area (Å²) in [6.45, 7) is 8.09. The van der Waals surface area contributed by atoms with Crippen LogP contribution >= 0.6 is 0 Å². The maximum Gasteiger partial charge on any atom is 0.414 e. The molecule has 0 amide bonds. The Bertz CT molecular complexity index is 817. The zero-order chi connectivity index (χ0) is 17.1. The summed E-state index contributed by atoms with van der Waals surface area (Å²) in [7, 11) is 0. The number of rotatable bonds is 6. The summed E-state index contributed by atoms with van der Waals surface area (Å²) < 4.78 is 21.3. The monoisotopic (exact) mass is 330 g/mol. The summed E-state index contributed by atoms with van der Waals surface area (Å²) in [6, 6.07) is 3.93. The van der Waals surface area contributed by atoms with E-state index in [1.54, 1.807) is 13.8 Å². The maximum atomic E-state index is 5.81. The van der Waals surface area contributed by atoms with Gasteiger partial charge in [-0.05, 0) is 37.1 Å². The van der Waals surface area contributed by atoms with E-state index >= 15 is 0 Å². The molecule has 1 aromatic carbocycles. The smallest absolute Gasteiger partial charge is 0.414 e. The summed E-state index contributed by atoms with van der Waals surface area (Å²) in [5.74, 6) is 2.38. The summed E-state index contributed by atoms with van der Waals surface area (Å²) in [4.78, 5) is 4.24. The molecule has 8 heteroatoms. The van der Waals surface area contributed by atoms with Crippen molar-refractivity contribution in [2.24, 2.45) is 0 Å². The first-order chi connectivity index (χ1) is 11.5. The standard InChI is InChI=1S/C16H18N4O4/c1-9-7-13(15-17-11(3)24-20-15)8-10(2)14(9)21-5-6-22-16-19-18-12(4)23-16/h7-8H,5-6H2,1-4H3. The van der Waals surface area contributed by atoms with Gasteiger partial charge in [0.25, 0.3) is 0 Å². The number of nitrogens with zero attached hydrogens (tertiary/aromatic N) is 4. The van der Waals surface area contributed by atoms with E-state index in [4.69, 9.17) is 18.4 Å². The third-order valence-corrected chi connectivity index (χ3v) is 3.31. The molecule has 0 aliphatic heterocycles. The molecule has 3 aromatic rings.